The minimum atomic E-state index is -3.65. The number of benzene rings is 2. The van der Waals surface area contributed by atoms with Crippen LogP contribution in [0, 0.1) is 0 Å². The molecule has 0 saturated heterocycles. The quantitative estimate of drug-likeness (QED) is 0.668. The summed E-state index contributed by atoms with van der Waals surface area (Å²) in [4.78, 5) is 27.3. The summed E-state index contributed by atoms with van der Waals surface area (Å²) in [5, 5.41) is 2.63. The first-order chi connectivity index (χ1) is 14.3. The maximum absolute atomic E-state index is 12.8. The van der Waals surface area contributed by atoms with Gasteiger partial charge < -0.3 is 10.2 Å². The fraction of sp³-hybridized carbons (Fsp3) is 0.364. The van der Waals surface area contributed by atoms with Gasteiger partial charge in [0.2, 0.25) is 11.8 Å². The van der Waals surface area contributed by atoms with Gasteiger partial charge in [0, 0.05) is 24.4 Å². The number of rotatable bonds is 8. The molecule has 3 rings (SSSR count). The van der Waals surface area contributed by atoms with Gasteiger partial charge in [0.05, 0.1) is 21.6 Å². The smallest absolute Gasteiger partial charge is 0.237 e. The van der Waals surface area contributed by atoms with E-state index in [4.69, 9.17) is 0 Å². The fourth-order valence-electron chi connectivity index (χ4n) is 3.27. The number of nitrogens with one attached hydrogen (secondary N) is 1. The fourth-order valence-corrected chi connectivity index (χ4v) is 5.54. The van der Waals surface area contributed by atoms with Crippen molar-refractivity contribution < 1.29 is 18.0 Å². The van der Waals surface area contributed by atoms with Crippen molar-refractivity contribution in [2.75, 3.05) is 17.6 Å². The Kier molecular flexibility index (Phi) is 7.20. The van der Waals surface area contributed by atoms with E-state index in [0.717, 1.165) is 10.5 Å². The van der Waals surface area contributed by atoms with Gasteiger partial charge in [-0.3, -0.25) is 9.59 Å². The van der Waals surface area contributed by atoms with Gasteiger partial charge in [-0.2, -0.15) is 0 Å². The van der Waals surface area contributed by atoms with Crippen LogP contribution >= 0.6 is 11.8 Å². The normalized spacial score (nSPS) is 15.9. The molecular weight excluding hydrogens is 420 g/mol. The average molecular weight is 447 g/mol. The van der Waals surface area contributed by atoms with Gasteiger partial charge in [-0.05, 0) is 37.1 Å². The Bertz CT molecular complexity index is 1020. The summed E-state index contributed by atoms with van der Waals surface area (Å²) in [6.07, 6.45) is 0.619. The highest BCUT2D eigenvalue weighted by Crippen LogP contribution is 2.38. The topological polar surface area (TPSA) is 83.6 Å². The van der Waals surface area contributed by atoms with E-state index in [1.165, 1.54) is 17.8 Å². The summed E-state index contributed by atoms with van der Waals surface area (Å²) >= 11 is 1.44. The molecule has 1 atom stereocenters. The van der Waals surface area contributed by atoms with E-state index < -0.39 is 9.84 Å². The molecule has 0 spiro atoms. The lowest BCUT2D eigenvalue weighted by molar-refractivity contribution is -0.131. The minimum Gasteiger partial charge on any atom is -0.339 e. The van der Waals surface area contributed by atoms with Crippen molar-refractivity contribution in [2.45, 2.75) is 48.3 Å². The predicted octanol–water partition coefficient (Wildman–Crippen LogP) is 3.72. The lowest BCUT2D eigenvalue weighted by Crippen LogP contribution is -2.31. The third kappa shape index (κ3) is 5.23. The second-order valence-electron chi connectivity index (χ2n) is 7.12. The Labute approximate surface area is 182 Å². The van der Waals surface area contributed by atoms with Gasteiger partial charge in [0.15, 0.2) is 9.84 Å². The first kappa shape index (κ1) is 22.4. The third-order valence-corrected chi connectivity index (χ3v) is 8.19. The van der Waals surface area contributed by atoms with Crippen molar-refractivity contribution in [1.29, 1.82) is 0 Å². The molecule has 0 bridgehead atoms. The van der Waals surface area contributed by atoms with E-state index >= 15 is 0 Å². The molecule has 1 aliphatic rings. The number of nitrogens with zero attached hydrogens (tertiary/aromatic N) is 1. The molecule has 2 amide bonds. The summed E-state index contributed by atoms with van der Waals surface area (Å²) in [6, 6.07) is 14.4. The lowest BCUT2D eigenvalue weighted by Gasteiger charge is -2.23. The van der Waals surface area contributed by atoms with Crippen LogP contribution < -0.4 is 5.32 Å². The number of sulfone groups is 1. The Morgan fingerprint density at radius 1 is 1.13 bits per heavy atom. The van der Waals surface area contributed by atoms with Crippen LogP contribution in [-0.4, -0.2) is 42.7 Å². The molecule has 160 valence electrons. The van der Waals surface area contributed by atoms with Gasteiger partial charge in [0.1, 0.15) is 0 Å². The van der Waals surface area contributed by atoms with Gasteiger partial charge in [-0.1, -0.05) is 37.3 Å². The molecule has 30 heavy (non-hydrogen) atoms. The largest absolute Gasteiger partial charge is 0.339 e. The second kappa shape index (κ2) is 9.66. The summed E-state index contributed by atoms with van der Waals surface area (Å²) in [5.41, 5.74) is 1.52. The molecule has 6 nitrogen and oxygen atoms in total. The maximum atomic E-state index is 12.8. The van der Waals surface area contributed by atoms with Crippen LogP contribution in [0.4, 0.5) is 5.69 Å². The van der Waals surface area contributed by atoms with E-state index in [2.05, 4.69) is 5.32 Å². The highest BCUT2D eigenvalue weighted by Gasteiger charge is 2.27. The van der Waals surface area contributed by atoms with Crippen LogP contribution in [0.2, 0.25) is 0 Å². The average Bonchev–Trinajstić information content (AvgIpc) is 2.75. The number of hydrogen-bond acceptors (Lipinski definition) is 5. The molecule has 2 aromatic carbocycles. The standard InChI is InChI=1S/C22H26N2O4S2/c1-3-19-22(26)23-18-14-17(10-11-20(18)29-19)30(27,28)13-12-21(25)24(4-2)15-16-8-6-5-7-9-16/h5-11,14,19H,3-4,12-13,15H2,1-2H3,(H,23,26)/t19-/m0/s1. The van der Waals surface area contributed by atoms with Crippen molar-refractivity contribution in [3.05, 3.63) is 54.1 Å². The molecule has 0 aliphatic carbocycles. The van der Waals surface area contributed by atoms with Crippen LogP contribution in [0.15, 0.2) is 58.3 Å². The summed E-state index contributed by atoms with van der Waals surface area (Å²) in [5.74, 6) is -0.578. The molecule has 0 fully saturated rings. The number of carbonyl (C=O) groups excluding carboxylic acids is 2. The molecule has 1 N–H and O–H groups in total. The summed E-state index contributed by atoms with van der Waals surface area (Å²) < 4.78 is 25.6. The first-order valence-electron chi connectivity index (χ1n) is 10.00. The van der Waals surface area contributed by atoms with E-state index in [9.17, 15) is 18.0 Å². The highest BCUT2D eigenvalue weighted by atomic mass is 32.2. The number of fused-ring (bicyclic) bond motifs is 1. The van der Waals surface area contributed by atoms with Crippen LogP contribution in [-0.2, 0) is 26.0 Å². The third-order valence-electron chi connectivity index (χ3n) is 5.04. The van der Waals surface area contributed by atoms with Gasteiger partial charge in [-0.15, -0.1) is 11.8 Å². The molecule has 1 heterocycles. The molecule has 1 aliphatic heterocycles. The molecule has 8 heteroatoms. The first-order valence-corrected chi connectivity index (χ1v) is 12.5. The Morgan fingerprint density at radius 2 is 1.87 bits per heavy atom. The van der Waals surface area contributed by atoms with E-state index in [-0.39, 0.29) is 34.1 Å². The van der Waals surface area contributed by atoms with Crippen molar-refractivity contribution in [3.63, 3.8) is 0 Å². The SMILES string of the molecule is CC[C@@H]1Sc2ccc(S(=O)(=O)CCC(=O)N(CC)Cc3ccccc3)cc2NC1=O. The number of anilines is 1. The van der Waals surface area contributed by atoms with E-state index in [1.807, 2.05) is 44.2 Å². The van der Waals surface area contributed by atoms with Gasteiger partial charge >= 0.3 is 0 Å². The number of amides is 2. The zero-order chi connectivity index (χ0) is 21.7. The molecule has 0 unspecified atom stereocenters. The molecular formula is C22H26N2O4S2. The second-order valence-corrected chi connectivity index (χ2v) is 10.5. The van der Waals surface area contributed by atoms with Crippen molar-refractivity contribution in [2.24, 2.45) is 0 Å². The van der Waals surface area contributed by atoms with Crippen molar-refractivity contribution in [1.82, 2.24) is 4.90 Å². The number of carbonyl (C=O) groups is 2. The number of thioether (sulfide) groups is 1. The Balaban J connectivity index is 1.67. The monoisotopic (exact) mass is 446 g/mol. The van der Waals surface area contributed by atoms with Crippen molar-refractivity contribution in [3.8, 4) is 0 Å². The lowest BCUT2D eigenvalue weighted by atomic mass is 10.2. The van der Waals surface area contributed by atoms with E-state index in [1.54, 1.807) is 17.0 Å². The van der Waals surface area contributed by atoms with E-state index in [0.29, 0.717) is 25.2 Å². The molecule has 0 radical (unpaired) electrons. The summed E-state index contributed by atoms with van der Waals surface area (Å²) in [7, 11) is -3.65. The molecule has 0 saturated carbocycles. The van der Waals surface area contributed by atoms with Crippen LogP contribution in [0.5, 0.6) is 0 Å². The van der Waals surface area contributed by atoms with Crippen LogP contribution in [0.25, 0.3) is 0 Å². The zero-order valence-electron chi connectivity index (χ0n) is 17.1. The Hall–Kier alpha value is -2.32. The zero-order valence-corrected chi connectivity index (χ0v) is 18.8. The highest BCUT2D eigenvalue weighted by molar-refractivity contribution is 8.01. The predicted molar refractivity (Wildman–Crippen MR) is 119 cm³/mol. The minimum absolute atomic E-state index is 0.0842. The van der Waals surface area contributed by atoms with Gasteiger partial charge in [0.25, 0.3) is 0 Å². The van der Waals surface area contributed by atoms with Crippen LogP contribution in [0.1, 0.15) is 32.3 Å². The summed E-state index contributed by atoms with van der Waals surface area (Å²) in [6.45, 7) is 4.78. The number of hydrogen-bond donors (Lipinski definition) is 1. The van der Waals surface area contributed by atoms with Gasteiger partial charge in [-0.25, -0.2) is 8.42 Å². The maximum Gasteiger partial charge on any atom is 0.237 e. The Morgan fingerprint density at radius 3 is 2.53 bits per heavy atom. The van der Waals surface area contributed by atoms with Crippen LogP contribution in [0.3, 0.4) is 0 Å². The molecule has 2 aromatic rings. The molecule has 0 aromatic heterocycles. The van der Waals surface area contributed by atoms with Crippen molar-refractivity contribution >= 4 is 39.1 Å².